The highest BCUT2D eigenvalue weighted by atomic mass is 32.1. The summed E-state index contributed by atoms with van der Waals surface area (Å²) in [7, 11) is 0. The van der Waals surface area contributed by atoms with Gasteiger partial charge in [-0.25, -0.2) is 9.78 Å². The average molecular weight is 304 g/mol. The van der Waals surface area contributed by atoms with Crippen molar-refractivity contribution in [2.75, 3.05) is 0 Å². The Balaban J connectivity index is 1.97. The van der Waals surface area contributed by atoms with Crippen LogP contribution in [0.3, 0.4) is 0 Å². The highest BCUT2D eigenvalue weighted by Gasteiger charge is 2.19. The van der Waals surface area contributed by atoms with Gasteiger partial charge in [0.15, 0.2) is 10.8 Å². The maximum absolute atomic E-state index is 11.8. The molecular formula is C14H12N2O4S. The minimum Gasteiger partial charge on any atom is -0.480 e. The number of aromatic nitrogens is 1. The van der Waals surface area contributed by atoms with Crippen molar-refractivity contribution in [3.05, 3.63) is 29.5 Å². The number of nitrogens with zero attached hydrogens (tertiary/aromatic N) is 1. The van der Waals surface area contributed by atoms with Crippen LogP contribution in [0, 0.1) is 12.3 Å². The molecule has 2 rings (SSSR count). The molecule has 1 atom stereocenters. The van der Waals surface area contributed by atoms with Crippen LogP contribution in [-0.2, 0) is 16.0 Å². The number of terminal acetylenes is 1. The lowest BCUT2D eigenvalue weighted by atomic mass is 10.2. The van der Waals surface area contributed by atoms with E-state index in [1.54, 1.807) is 23.8 Å². The van der Waals surface area contributed by atoms with Crippen LogP contribution in [-0.4, -0.2) is 28.0 Å². The smallest absolute Gasteiger partial charge is 0.327 e. The molecule has 2 aromatic rings. The monoisotopic (exact) mass is 304 g/mol. The van der Waals surface area contributed by atoms with Crippen molar-refractivity contribution in [3.63, 3.8) is 0 Å². The zero-order chi connectivity index (χ0) is 15.2. The summed E-state index contributed by atoms with van der Waals surface area (Å²) < 4.78 is 5.21. The number of aliphatic carboxylic acids is 1. The lowest BCUT2D eigenvalue weighted by Gasteiger charge is -2.10. The SMILES string of the molecule is C#CCC(NC(=O)Cc1csc(-c2ccco2)n1)C(=O)O. The van der Waals surface area contributed by atoms with Gasteiger partial charge in [-0.15, -0.1) is 23.7 Å². The Hall–Kier alpha value is -2.59. The molecule has 2 heterocycles. The number of nitrogens with one attached hydrogen (secondary N) is 1. The van der Waals surface area contributed by atoms with E-state index in [1.807, 2.05) is 0 Å². The van der Waals surface area contributed by atoms with Crippen molar-refractivity contribution in [1.82, 2.24) is 10.3 Å². The Labute approximate surface area is 124 Å². The van der Waals surface area contributed by atoms with Crippen LogP contribution in [0.5, 0.6) is 0 Å². The standard InChI is InChI=1S/C14H12N2O4S/c1-2-4-10(14(18)19)16-12(17)7-9-8-21-13(15-9)11-5-3-6-20-11/h1,3,5-6,8,10H,4,7H2,(H,16,17)(H,18,19). The van der Waals surface area contributed by atoms with Gasteiger partial charge < -0.3 is 14.8 Å². The molecule has 1 unspecified atom stereocenters. The predicted octanol–water partition coefficient (Wildman–Crippen LogP) is 1.54. The lowest BCUT2D eigenvalue weighted by molar-refractivity contribution is -0.141. The minimum atomic E-state index is -1.16. The van der Waals surface area contributed by atoms with Crippen LogP contribution < -0.4 is 5.32 Å². The van der Waals surface area contributed by atoms with Gasteiger partial charge in [0, 0.05) is 11.8 Å². The lowest BCUT2D eigenvalue weighted by Crippen LogP contribution is -2.41. The molecule has 0 radical (unpaired) electrons. The third-order valence-corrected chi connectivity index (χ3v) is 3.49. The third-order valence-electron chi connectivity index (χ3n) is 2.58. The van der Waals surface area contributed by atoms with Crippen molar-refractivity contribution in [1.29, 1.82) is 0 Å². The van der Waals surface area contributed by atoms with E-state index >= 15 is 0 Å². The van der Waals surface area contributed by atoms with Crippen molar-refractivity contribution in [3.8, 4) is 23.1 Å². The minimum absolute atomic E-state index is 0.00837. The normalized spacial score (nSPS) is 11.6. The maximum Gasteiger partial charge on any atom is 0.327 e. The van der Waals surface area contributed by atoms with Gasteiger partial charge >= 0.3 is 5.97 Å². The summed E-state index contributed by atoms with van der Waals surface area (Å²) in [6.07, 6.45) is 6.54. The summed E-state index contributed by atoms with van der Waals surface area (Å²) >= 11 is 1.35. The fraction of sp³-hybridized carbons (Fsp3) is 0.214. The van der Waals surface area contributed by atoms with Crippen LogP contribution in [0.25, 0.3) is 10.8 Å². The molecular weight excluding hydrogens is 292 g/mol. The summed E-state index contributed by atoms with van der Waals surface area (Å²) in [5.74, 6) is 1.25. The first-order chi connectivity index (χ1) is 10.1. The number of hydrogen-bond acceptors (Lipinski definition) is 5. The largest absolute Gasteiger partial charge is 0.480 e. The molecule has 0 fully saturated rings. The number of rotatable bonds is 6. The molecule has 2 aromatic heterocycles. The number of furan rings is 1. The van der Waals surface area contributed by atoms with Gasteiger partial charge in [-0.3, -0.25) is 4.79 Å². The Kier molecular flexibility index (Phi) is 4.74. The van der Waals surface area contributed by atoms with E-state index in [4.69, 9.17) is 15.9 Å². The molecule has 0 aromatic carbocycles. The zero-order valence-corrected chi connectivity index (χ0v) is 11.7. The molecule has 2 N–H and O–H groups in total. The molecule has 21 heavy (non-hydrogen) atoms. The fourth-order valence-electron chi connectivity index (χ4n) is 1.63. The van der Waals surface area contributed by atoms with Gasteiger partial charge in [0.25, 0.3) is 0 Å². The second-order valence-electron chi connectivity index (χ2n) is 4.16. The average Bonchev–Trinajstić information content (AvgIpc) is 3.08. The van der Waals surface area contributed by atoms with Crippen molar-refractivity contribution in [2.45, 2.75) is 18.9 Å². The van der Waals surface area contributed by atoms with Crippen LogP contribution in [0.4, 0.5) is 0 Å². The number of thiazole rings is 1. The molecule has 0 spiro atoms. The first-order valence-electron chi connectivity index (χ1n) is 6.04. The van der Waals surface area contributed by atoms with Crippen LogP contribution in [0.2, 0.25) is 0 Å². The molecule has 1 amide bonds. The van der Waals surface area contributed by atoms with Crippen molar-refractivity contribution in [2.24, 2.45) is 0 Å². The summed E-state index contributed by atoms with van der Waals surface area (Å²) in [6, 6.07) is 2.45. The predicted molar refractivity (Wildman–Crippen MR) is 76.5 cm³/mol. The number of carboxylic acids is 1. The van der Waals surface area contributed by atoms with Crippen LogP contribution in [0.1, 0.15) is 12.1 Å². The molecule has 0 aliphatic carbocycles. The highest BCUT2D eigenvalue weighted by Crippen LogP contribution is 2.24. The van der Waals surface area contributed by atoms with E-state index in [1.165, 1.54) is 11.3 Å². The van der Waals surface area contributed by atoms with Crippen LogP contribution in [0.15, 0.2) is 28.2 Å². The molecule has 0 saturated heterocycles. The summed E-state index contributed by atoms with van der Waals surface area (Å²) in [5, 5.41) is 13.7. The van der Waals surface area contributed by atoms with Crippen molar-refractivity contribution >= 4 is 23.2 Å². The number of carbonyl (C=O) groups is 2. The van der Waals surface area contributed by atoms with Gasteiger partial charge in [-0.2, -0.15) is 0 Å². The Bertz CT molecular complexity index is 669. The quantitative estimate of drug-likeness (QED) is 0.790. The zero-order valence-electron chi connectivity index (χ0n) is 10.9. The van der Waals surface area contributed by atoms with E-state index in [-0.39, 0.29) is 12.8 Å². The number of hydrogen-bond donors (Lipinski definition) is 2. The number of amides is 1. The summed E-state index contributed by atoms with van der Waals surface area (Å²) in [6.45, 7) is 0. The topological polar surface area (TPSA) is 92.4 Å². The summed E-state index contributed by atoms with van der Waals surface area (Å²) in [4.78, 5) is 27.0. The van der Waals surface area contributed by atoms with Gasteiger partial charge in [-0.1, -0.05) is 0 Å². The van der Waals surface area contributed by atoms with Crippen molar-refractivity contribution < 1.29 is 19.1 Å². The maximum atomic E-state index is 11.8. The fourth-order valence-corrected chi connectivity index (χ4v) is 2.42. The Morgan fingerprint density at radius 2 is 2.38 bits per heavy atom. The summed E-state index contributed by atoms with van der Waals surface area (Å²) in [5.41, 5.74) is 0.550. The van der Waals surface area contributed by atoms with E-state index < -0.39 is 17.9 Å². The molecule has 0 saturated carbocycles. The van der Waals surface area contributed by atoms with Gasteiger partial charge in [0.2, 0.25) is 5.91 Å². The van der Waals surface area contributed by atoms with E-state index in [0.717, 1.165) is 0 Å². The van der Waals surface area contributed by atoms with E-state index in [0.29, 0.717) is 16.5 Å². The first kappa shape index (κ1) is 14.8. The van der Waals surface area contributed by atoms with Gasteiger partial charge in [0.1, 0.15) is 6.04 Å². The Morgan fingerprint density at radius 3 is 3.00 bits per heavy atom. The Morgan fingerprint density at radius 1 is 1.57 bits per heavy atom. The molecule has 6 nitrogen and oxygen atoms in total. The number of carbonyl (C=O) groups excluding carboxylic acids is 1. The second-order valence-corrected chi connectivity index (χ2v) is 5.02. The van der Waals surface area contributed by atoms with Gasteiger partial charge in [-0.05, 0) is 12.1 Å². The van der Waals surface area contributed by atoms with E-state index in [9.17, 15) is 9.59 Å². The highest BCUT2D eigenvalue weighted by molar-refractivity contribution is 7.13. The molecule has 108 valence electrons. The third kappa shape index (κ3) is 3.94. The van der Waals surface area contributed by atoms with Crippen LogP contribution >= 0.6 is 11.3 Å². The molecule has 0 aliphatic rings. The second kappa shape index (κ2) is 6.72. The first-order valence-corrected chi connectivity index (χ1v) is 6.92. The van der Waals surface area contributed by atoms with Gasteiger partial charge in [0.05, 0.1) is 18.4 Å². The number of carboxylic acid groups (broad SMARTS) is 1. The van der Waals surface area contributed by atoms with E-state index in [2.05, 4.69) is 16.2 Å². The molecule has 0 aliphatic heterocycles. The molecule has 0 bridgehead atoms. The molecule has 7 heteroatoms.